The lowest BCUT2D eigenvalue weighted by molar-refractivity contribution is -0.532. The SMILES string of the molecule is COC(=O)C1c2ccc(Cl)cc2CCC1C(Cc1cccc(Cl)c1)[N+](=O)[O-]. The highest BCUT2D eigenvalue weighted by Gasteiger charge is 2.45. The third-order valence-corrected chi connectivity index (χ3v) is 5.64. The van der Waals surface area contributed by atoms with Crippen LogP contribution in [0.2, 0.25) is 10.0 Å². The minimum atomic E-state index is -0.920. The summed E-state index contributed by atoms with van der Waals surface area (Å²) in [4.78, 5) is 24.2. The molecule has 0 N–H and O–H groups in total. The number of benzene rings is 2. The van der Waals surface area contributed by atoms with Crippen LogP contribution in [0.5, 0.6) is 0 Å². The number of carbonyl (C=O) groups is 1. The second kappa shape index (κ2) is 8.28. The molecule has 0 fully saturated rings. The van der Waals surface area contributed by atoms with E-state index in [9.17, 15) is 14.9 Å². The van der Waals surface area contributed by atoms with Crippen molar-refractivity contribution in [3.05, 3.63) is 79.3 Å². The molecular formula is C20H19Cl2NO4. The van der Waals surface area contributed by atoms with Crippen LogP contribution in [0.4, 0.5) is 0 Å². The predicted molar refractivity (Wildman–Crippen MR) is 104 cm³/mol. The summed E-state index contributed by atoms with van der Waals surface area (Å²) in [5, 5.41) is 13.0. The Hall–Kier alpha value is -2.11. The van der Waals surface area contributed by atoms with Gasteiger partial charge in [0.2, 0.25) is 6.04 Å². The van der Waals surface area contributed by atoms with Gasteiger partial charge in [-0.2, -0.15) is 0 Å². The first kappa shape index (κ1) is 19.6. The number of fused-ring (bicyclic) bond motifs is 1. The number of rotatable bonds is 5. The number of hydrogen-bond donors (Lipinski definition) is 0. The molecule has 0 amide bonds. The van der Waals surface area contributed by atoms with Crippen molar-refractivity contribution in [3.8, 4) is 0 Å². The molecule has 0 saturated carbocycles. The molecule has 0 heterocycles. The number of aryl methyl sites for hydroxylation is 1. The fourth-order valence-corrected chi connectivity index (χ4v) is 4.35. The number of nitro groups is 1. The predicted octanol–water partition coefficient (Wildman–Crippen LogP) is 4.70. The first-order chi connectivity index (χ1) is 12.9. The second-order valence-electron chi connectivity index (χ2n) is 6.73. The maximum Gasteiger partial charge on any atom is 0.313 e. The average molecular weight is 408 g/mol. The van der Waals surface area contributed by atoms with Gasteiger partial charge in [0.25, 0.3) is 0 Å². The van der Waals surface area contributed by atoms with E-state index in [2.05, 4.69) is 0 Å². The van der Waals surface area contributed by atoms with E-state index in [0.717, 1.165) is 16.7 Å². The molecule has 2 aromatic rings. The van der Waals surface area contributed by atoms with Crippen molar-refractivity contribution in [1.29, 1.82) is 0 Å². The number of methoxy groups -OCH3 is 1. The van der Waals surface area contributed by atoms with E-state index in [1.165, 1.54) is 7.11 Å². The fraction of sp³-hybridized carbons (Fsp3) is 0.350. The van der Waals surface area contributed by atoms with E-state index in [4.69, 9.17) is 27.9 Å². The Balaban J connectivity index is 1.99. The van der Waals surface area contributed by atoms with Crippen LogP contribution in [0, 0.1) is 16.0 Å². The zero-order chi connectivity index (χ0) is 19.6. The number of hydrogen-bond acceptors (Lipinski definition) is 4. The van der Waals surface area contributed by atoms with E-state index in [1.807, 2.05) is 12.1 Å². The van der Waals surface area contributed by atoms with Crippen LogP contribution in [0.3, 0.4) is 0 Å². The normalized spacial score (nSPS) is 19.8. The van der Waals surface area contributed by atoms with Gasteiger partial charge in [0.15, 0.2) is 0 Å². The topological polar surface area (TPSA) is 69.4 Å². The summed E-state index contributed by atoms with van der Waals surface area (Å²) in [7, 11) is 1.31. The lowest BCUT2D eigenvalue weighted by Crippen LogP contribution is -2.41. The summed E-state index contributed by atoms with van der Waals surface area (Å²) in [6.45, 7) is 0. The third kappa shape index (κ3) is 4.25. The number of halogens is 2. The van der Waals surface area contributed by atoms with Crippen molar-refractivity contribution < 1.29 is 14.5 Å². The Kier molecular flexibility index (Phi) is 6.02. The summed E-state index contributed by atoms with van der Waals surface area (Å²) in [6, 6.07) is 11.4. The maximum atomic E-state index is 12.6. The van der Waals surface area contributed by atoms with E-state index in [0.29, 0.717) is 22.9 Å². The highest BCUT2D eigenvalue weighted by atomic mass is 35.5. The highest BCUT2D eigenvalue weighted by Crippen LogP contribution is 2.41. The molecule has 0 spiro atoms. The Bertz CT molecular complexity index is 871. The molecule has 0 bridgehead atoms. The van der Waals surface area contributed by atoms with Crippen LogP contribution in [0.25, 0.3) is 0 Å². The van der Waals surface area contributed by atoms with Crippen LogP contribution in [0.15, 0.2) is 42.5 Å². The van der Waals surface area contributed by atoms with Gasteiger partial charge in [0.05, 0.1) is 13.0 Å². The van der Waals surface area contributed by atoms with Gasteiger partial charge in [-0.15, -0.1) is 0 Å². The van der Waals surface area contributed by atoms with Gasteiger partial charge in [-0.25, -0.2) is 0 Å². The molecule has 0 radical (unpaired) electrons. The van der Waals surface area contributed by atoms with Gasteiger partial charge in [-0.3, -0.25) is 14.9 Å². The molecule has 1 aliphatic carbocycles. The molecule has 1 aliphatic rings. The minimum Gasteiger partial charge on any atom is -0.469 e. The zero-order valence-corrected chi connectivity index (χ0v) is 16.2. The van der Waals surface area contributed by atoms with Crippen molar-refractivity contribution in [2.75, 3.05) is 7.11 Å². The van der Waals surface area contributed by atoms with E-state index in [-0.39, 0.29) is 11.3 Å². The first-order valence-corrected chi connectivity index (χ1v) is 9.40. The van der Waals surface area contributed by atoms with Crippen LogP contribution in [0.1, 0.15) is 29.0 Å². The lowest BCUT2D eigenvalue weighted by Gasteiger charge is -2.33. The summed E-state index contributed by atoms with van der Waals surface area (Å²) in [5.41, 5.74) is 2.48. The van der Waals surface area contributed by atoms with E-state index >= 15 is 0 Å². The monoisotopic (exact) mass is 407 g/mol. The number of nitrogens with zero attached hydrogens (tertiary/aromatic N) is 1. The zero-order valence-electron chi connectivity index (χ0n) is 14.7. The van der Waals surface area contributed by atoms with Gasteiger partial charge in [-0.1, -0.05) is 41.4 Å². The van der Waals surface area contributed by atoms with Gasteiger partial charge < -0.3 is 4.74 Å². The van der Waals surface area contributed by atoms with Crippen molar-refractivity contribution in [3.63, 3.8) is 0 Å². The molecule has 142 valence electrons. The molecule has 27 heavy (non-hydrogen) atoms. The molecule has 7 heteroatoms. The van der Waals surface area contributed by atoms with Crippen LogP contribution in [-0.4, -0.2) is 24.0 Å². The minimum absolute atomic E-state index is 0.203. The van der Waals surface area contributed by atoms with Crippen molar-refractivity contribution >= 4 is 29.2 Å². The summed E-state index contributed by atoms with van der Waals surface area (Å²) < 4.78 is 4.99. The van der Waals surface area contributed by atoms with Crippen LogP contribution < -0.4 is 0 Å². The van der Waals surface area contributed by atoms with Gasteiger partial charge in [0.1, 0.15) is 0 Å². The van der Waals surface area contributed by atoms with Gasteiger partial charge in [-0.05, 0) is 53.8 Å². The lowest BCUT2D eigenvalue weighted by atomic mass is 9.71. The molecule has 3 unspecified atom stereocenters. The Labute approximate surface area is 167 Å². The molecule has 0 aromatic heterocycles. The largest absolute Gasteiger partial charge is 0.469 e. The molecule has 0 aliphatic heterocycles. The molecule has 3 atom stereocenters. The fourth-order valence-electron chi connectivity index (χ4n) is 3.94. The summed E-state index contributed by atoms with van der Waals surface area (Å²) >= 11 is 12.1. The van der Waals surface area contributed by atoms with E-state index < -0.39 is 23.8 Å². The second-order valence-corrected chi connectivity index (χ2v) is 7.61. The quantitative estimate of drug-likeness (QED) is 0.409. The Morgan fingerprint density at radius 1 is 1.26 bits per heavy atom. The summed E-state index contributed by atoms with van der Waals surface area (Å²) in [5.74, 6) is -1.62. The average Bonchev–Trinajstić information content (AvgIpc) is 2.64. The van der Waals surface area contributed by atoms with Gasteiger partial charge in [0, 0.05) is 27.3 Å². The van der Waals surface area contributed by atoms with Crippen molar-refractivity contribution in [2.24, 2.45) is 5.92 Å². The van der Waals surface area contributed by atoms with Crippen LogP contribution >= 0.6 is 23.2 Å². The Morgan fingerprint density at radius 2 is 2.00 bits per heavy atom. The molecule has 5 nitrogen and oxygen atoms in total. The van der Waals surface area contributed by atoms with Crippen molar-refractivity contribution in [2.45, 2.75) is 31.2 Å². The Morgan fingerprint density at radius 3 is 2.67 bits per heavy atom. The number of carbonyl (C=O) groups excluding carboxylic acids is 1. The highest BCUT2D eigenvalue weighted by molar-refractivity contribution is 6.30. The summed E-state index contributed by atoms with van der Waals surface area (Å²) in [6.07, 6.45) is 1.35. The van der Waals surface area contributed by atoms with Crippen molar-refractivity contribution in [1.82, 2.24) is 0 Å². The number of esters is 1. The van der Waals surface area contributed by atoms with E-state index in [1.54, 1.807) is 30.3 Å². The maximum absolute atomic E-state index is 12.6. The molecule has 0 saturated heterocycles. The molecule has 3 rings (SSSR count). The number of ether oxygens (including phenoxy) is 1. The van der Waals surface area contributed by atoms with Crippen LogP contribution in [-0.2, 0) is 22.4 Å². The standard InChI is InChI=1S/C20H19Cl2NO4/c1-27-20(24)19-16-8-6-15(22)11-13(16)5-7-17(19)18(23(25)26)10-12-3-2-4-14(21)9-12/h2-4,6,8-9,11,17-19H,5,7,10H2,1H3. The smallest absolute Gasteiger partial charge is 0.313 e. The molecule has 2 aromatic carbocycles. The third-order valence-electron chi connectivity index (χ3n) is 5.17. The first-order valence-electron chi connectivity index (χ1n) is 8.64. The van der Waals surface area contributed by atoms with Gasteiger partial charge >= 0.3 is 5.97 Å². The molecular weight excluding hydrogens is 389 g/mol.